The molecule has 6 heteroatoms. The first-order chi connectivity index (χ1) is 7.85. The van der Waals surface area contributed by atoms with Crippen LogP contribution < -0.4 is 10.9 Å². The monoisotopic (exact) mass is 239 g/mol. The highest BCUT2D eigenvalue weighted by molar-refractivity contribution is 5.69. The maximum Gasteiger partial charge on any atom is 0.305 e. The molecule has 0 bridgehead atoms. The van der Waals surface area contributed by atoms with E-state index in [9.17, 15) is 9.59 Å². The summed E-state index contributed by atoms with van der Waals surface area (Å²) in [5, 5.41) is 11.6. The lowest BCUT2D eigenvalue weighted by Crippen LogP contribution is -2.37. The van der Waals surface area contributed by atoms with Crippen molar-refractivity contribution in [2.45, 2.75) is 39.3 Å². The number of carboxylic acids is 1. The third-order valence-corrected chi connectivity index (χ3v) is 2.30. The largest absolute Gasteiger partial charge is 0.481 e. The van der Waals surface area contributed by atoms with Gasteiger partial charge in [-0.25, -0.2) is 4.98 Å². The fraction of sp³-hybridized carbons (Fsp3) is 0.545. The average Bonchev–Trinajstić information content (AvgIpc) is 2.19. The highest BCUT2D eigenvalue weighted by Gasteiger charge is 2.23. The first kappa shape index (κ1) is 13.2. The predicted octanol–water partition coefficient (Wildman–Crippen LogP) is 0.928. The van der Waals surface area contributed by atoms with Crippen molar-refractivity contribution in [3.8, 4) is 0 Å². The van der Waals surface area contributed by atoms with Crippen molar-refractivity contribution < 1.29 is 9.90 Å². The van der Waals surface area contributed by atoms with Crippen LogP contribution in [-0.2, 0) is 11.3 Å². The SMILES string of the molecule is CCn1ccnc(NC(C)(C)CC(=O)O)c1=O. The molecule has 1 heterocycles. The molecule has 0 aromatic carbocycles. The van der Waals surface area contributed by atoms with Gasteiger partial charge in [0, 0.05) is 24.5 Å². The molecule has 17 heavy (non-hydrogen) atoms. The summed E-state index contributed by atoms with van der Waals surface area (Å²) in [5.74, 6) is -0.741. The molecular formula is C11H17N3O3. The molecule has 6 nitrogen and oxygen atoms in total. The Morgan fingerprint density at radius 2 is 2.24 bits per heavy atom. The number of nitrogens with zero attached hydrogens (tertiary/aromatic N) is 2. The number of aliphatic carboxylic acids is 1. The highest BCUT2D eigenvalue weighted by Crippen LogP contribution is 2.13. The van der Waals surface area contributed by atoms with Gasteiger partial charge >= 0.3 is 5.97 Å². The Morgan fingerprint density at radius 1 is 1.59 bits per heavy atom. The van der Waals surface area contributed by atoms with Crippen molar-refractivity contribution in [2.24, 2.45) is 0 Å². The van der Waals surface area contributed by atoms with Crippen molar-refractivity contribution in [3.05, 3.63) is 22.7 Å². The van der Waals surface area contributed by atoms with Crippen molar-refractivity contribution in [1.82, 2.24) is 9.55 Å². The van der Waals surface area contributed by atoms with Crippen LogP contribution in [0.5, 0.6) is 0 Å². The number of hydrogen-bond donors (Lipinski definition) is 2. The van der Waals surface area contributed by atoms with Gasteiger partial charge in [-0.1, -0.05) is 0 Å². The van der Waals surface area contributed by atoms with Crippen LogP contribution in [0.15, 0.2) is 17.2 Å². The van der Waals surface area contributed by atoms with Crippen LogP contribution in [0, 0.1) is 0 Å². The summed E-state index contributed by atoms with van der Waals surface area (Å²) in [6.45, 7) is 5.83. The number of carboxylic acid groups (broad SMARTS) is 1. The van der Waals surface area contributed by atoms with E-state index in [1.807, 2.05) is 6.92 Å². The lowest BCUT2D eigenvalue weighted by Gasteiger charge is -2.24. The maximum absolute atomic E-state index is 11.9. The summed E-state index contributed by atoms with van der Waals surface area (Å²) in [4.78, 5) is 26.5. The van der Waals surface area contributed by atoms with E-state index in [1.54, 1.807) is 20.0 Å². The van der Waals surface area contributed by atoms with Gasteiger partial charge in [-0.05, 0) is 20.8 Å². The lowest BCUT2D eigenvalue weighted by atomic mass is 10.0. The second-order valence-corrected chi connectivity index (χ2v) is 4.45. The molecule has 0 fully saturated rings. The molecule has 0 spiro atoms. The molecule has 1 aromatic rings. The first-order valence-corrected chi connectivity index (χ1v) is 5.41. The quantitative estimate of drug-likeness (QED) is 0.798. The number of nitrogens with one attached hydrogen (secondary N) is 1. The molecular weight excluding hydrogens is 222 g/mol. The van der Waals surface area contributed by atoms with E-state index < -0.39 is 11.5 Å². The molecule has 0 saturated heterocycles. The Kier molecular flexibility index (Phi) is 3.88. The van der Waals surface area contributed by atoms with Crippen LogP contribution in [0.4, 0.5) is 5.82 Å². The molecule has 0 amide bonds. The zero-order valence-electron chi connectivity index (χ0n) is 10.2. The van der Waals surface area contributed by atoms with E-state index in [4.69, 9.17) is 5.11 Å². The minimum absolute atomic E-state index is 0.0882. The summed E-state index contributed by atoms with van der Waals surface area (Å²) in [6.07, 6.45) is 3.02. The molecule has 0 aliphatic carbocycles. The minimum Gasteiger partial charge on any atom is -0.481 e. The number of anilines is 1. The van der Waals surface area contributed by atoms with Crippen LogP contribution in [0.25, 0.3) is 0 Å². The summed E-state index contributed by atoms with van der Waals surface area (Å²) < 4.78 is 1.51. The molecule has 0 aliphatic heterocycles. The second kappa shape index (κ2) is 4.99. The summed E-state index contributed by atoms with van der Waals surface area (Å²) >= 11 is 0. The number of hydrogen-bond acceptors (Lipinski definition) is 4. The second-order valence-electron chi connectivity index (χ2n) is 4.45. The average molecular weight is 239 g/mol. The number of aromatic nitrogens is 2. The summed E-state index contributed by atoms with van der Waals surface area (Å²) in [5.41, 5.74) is -0.960. The number of rotatable bonds is 5. The van der Waals surface area contributed by atoms with Crippen LogP contribution in [0.2, 0.25) is 0 Å². The van der Waals surface area contributed by atoms with Gasteiger partial charge in [0.25, 0.3) is 5.56 Å². The Bertz CT molecular complexity index is 465. The van der Waals surface area contributed by atoms with Crippen LogP contribution in [0.1, 0.15) is 27.2 Å². The topological polar surface area (TPSA) is 84.2 Å². The van der Waals surface area contributed by atoms with Gasteiger partial charge in [0.1, 0.15) is 0 Å². The number of carbonyl (C=O) groups is 1. The van der Waals surface area contributed by atoms with Crippen LogP contribution in [-0.4, -0.2) is 26.2 Å². The van der Waals surface area contributed by atoms with E-state index in [-0.39, 0.29) is 17.8 Å². The summed E-state index contributed by atoms with van der Waals surface area (Å²) in [6, 6.07) is 0. The molecule has 0 saturated carbocycles. The number of aryl methyl sites for hydroxylation is 1. The molecule has 0 aliphatic rings. The van der Waals surface area contributed by atoms with Crippen molar-refractivity contribution in [3.63, 3.8) is 0 Å². The van der Waals surface area contributed by atoms with E-state index in [0.717, 1.165) is 0 Å². The minimum atomic E-state index is -0.922. The smallest absolute Gasteiger partial charge is 0.305 e. The first-order valence-electron chi connectivity index (χ1n) is 5.41. The third kappa shape index (κ3) is 3.58. The van der Waals surface area contributed by atoms with E-state index in [0.29, 0.717) is 6.54 Å². The summed E-state index contributed by atoms with van der Waals surface area (Å²) in [7, 11) is 0. The Balaban J connectivity index is 2.95. The maximum atomic E-state index is 11.9. The van der Waals surface area contributed by atoms with Gasteiger partial charge in [0.05, 0.1) is 6.42 Å². The molecule has 94 valence electrons. The van der Waals surface area contributed by atoms with Crippen molar-refractivity contribution >= 4 is 11.8 Å². The zero-order valence-corrected chi connectivity index (χ0v) is 10.2. The van der Waals surface area contributed by atoms with Crippen LogP contribution in [0.3, 0.4) is 0 Å². The standard InChI is InChI=1S/C11H17N3O3/c1-4-14-6-5-12-9(10(14)17)13-11(2,3)7-8(15)16/h5-6H,4,7H2,1-3H3,(H,12,13)(H,15,16). The molecule has 1 rings (SSSR count). The Hall–Kier alpha value is -1.85. The molecule has 0 atom stereocenters. The third-order valence-electron chi connectivity index (χ3n) is 2.30. The molecule has 2 N–H and O–H groups in total. The van der Waals surface area contributed by atoms with Crippen molar-refractivity contribution in [1.29, 1.82) is 0 Å². The van der Waals surface area contributed by atoms with E-state index in [1.165, 1.54) is 10.8 Å². The van der Waals surface area contributed by atoms with Crippen molar-refractivity contribution in [2.75, 3.05) is 5.32 Å². The fourth-order valence-electron chi connectivity index (χ4n) is 1.52. The predicted molar refractivity (Wildman–Crippen MR) is 64.1 cm³/mol. The van der Waals surface area contributed by atoms with E-state index in [2.05, 4.69) is 10.3 Å². The van der Waals surface area contributed by atoms with Gasteiger partial charge in [0.2, 0.25) is 0 Å². The van der Waals surface area contributed by atoms with Gasteiger partial charge in [-0.15, -0.1) is 0 Å². The Morgan fingerprint density at radius 3 is 2.76 bits per heavy atom. The molecule has 1 aromatic heterocycles. The molecule has 0 radical (unpaired) electrons. The lowest BCUT2D eigenvalue weighted by molar-refractivity contribution is -0.137. The Labute approximate surface area is 99.3 Å². The zero-order chi connectivity index (χ0) is 13.1. The van der Waals surface area contributed by atoms with Gasteiger partial charge in [-0.2, -0.15) is 0 Å². The van der Waals surface area contributed by atoms with Gasteiger partial charge in [0.15, 0.2) is 5.82 Å². The van der Waals surface area contributed by atoms with Gasteiger partial charge in [-0.3, -0.25) is 9.59 Å². The fourth-order valence-corrected chi connectivity index (χ4v) is 1.52. The molecule has 0 unspecified atom stereocenters. The van der Waals surface area contributed by atoms with Crippen LogP contribution >= 0.6 is 0 Å². The van der Waals surface area contributed by atoms with E-state index >= 15 is 0 Å². The normalized spacial score (nSPS) is 11.2. The van der Waals surface area contributed by atoms with Gasteiger partial charge < -0.3 is 15.0 Å². The highest BCUT2D eigenvalue weighted by atomic mass is 16.4.